The van der Waals surface area contributed by atoms with Crippen LogP contribution in [-0.2, 0) is 6.42 Å². The van der Waals surface area contributed by atoms with Crippen molar-refractivity contribution in [1.29, 1.82) is 0 Å². The monoisotopic (exact) mass is 347 g/mol. The Kier molecular flexibility index (Phi) is 7.37. The average molecular weight is 347 g/mol. The van der Waals surface area contributed by atoms with Crippen molar-refractivity contribution < 1.29 is 24.4 Å². The van der Waals surface area contributed by atoms with Crippen LogP contribution in [0.1, 0.15) is 5.56 Å². The Morgan fingerprint density at radius 3 is 2.40 bits per heavy atom. The number of aliphatic hydroxyl groups excluding tert-OH is 1. The van der Waals surface area contributed by atoms with Gasteiger partial charge < -0.3 is 29.7 Å². The Morgan fingerprint density at radius 1 is 1.00 bits per heavy atom. The number of hydrogen-bond donors (Lipinski definition) is 3. The summed E-state index contributed by atoms with van der Waals surface area (Å²) < 4.78 is 16.0. The van der Waals surface area contributed by atoms with Gasteiger partial charge in [0.2, 0.25) is 0 Å². The van der Waals surface area contributed by atoms with E-state index in [2.05, 4.69) is 5.32 Å². The lowest BCUT2D eigenvalue weighted by Crippen LogP contribution is -2.32. The molecule has 6 heteroatoms. The van der Waals surface area contributed by atoms with Gasteiger partial charge in [0.25, 0.3) is 0 Å². The summed E-state index contributed by atoms with van der Waals surface area (Å²) in [5.74, 6) is 2.22. The van der Waals surface area contributed by atoms with E-state index in [1.807, 2.05) is 18.2 Å². The molecule has 0 fully saturated rings. The Bertz CT molecular complexity index is 645. The number of rotatable bonds is 10. The fraction of sp³-hybridized carbons (Fsp3) is 0.368. The maximum atomic E-state index is 9.94. The molecule has 0 bridgehead atoms. The summed E-state index contributed by atoms with van der Waals surface area (Å²) in [5, 5.41) is 22.3. The van der Waals surface area contributed by atoms with Crippen LogP contribution in [0.4, 0.5) is 0 Å². The Balaban J connectivity index is 1.67. The normalized spacial score (nSPS) is 11.8. The predicted molar refractivity (Wildman–Crippen MR) is 95.7 cm³/mol. The van der Waals surface area contributed by atoms with E-state index in [9.17, 15) is 10.2 Å². The van der Waals surface area contributed by atoms with Gasteiger partial charge in [-0.25, -0.2) is 0 Å². The molecule has 0 amide bonds. The first-order chi connectivity index (χ1) is 12.1. The van der Waals surface area contributed by atoms with Crippen molar-refractivity contribution in [3.8, 4) is 23.0 Å². The van der Waals surface area contributed by atoms with Gasteiger partial charge in [-0.2, -0.15) is 0 Å². The molecule has 0 heterocycles. The zero-order valence-electron chi connectivity index (χ0n) is 14.6. The number of benzene rings is 2. The van der Waals surface area contributed by atoms with Crippen molar-refractivity contribution >= 4 is 0 Å². The van der Waals surface area contributed by atoms with Crippen LogP contribution in [0, 0.1) is 0 Å². The number of phenolic OH excluding ortho intramolecular Hbond substituents is 1. The maximum Gasteiger partial charge on any atom is 0.160 e. The van der Waals surface area contributed by atoms with Gasteiger partial charge in [-0.1, -0.05) is 6.07 Å². The Labute approximate surface area is 148 Å². The standard InChI is InChI=1S/C19H25NO5/c1-23-18-8-3-14(11-19(18)24-2)9-10-20-12-16(22)13-25-17-6-4-15(21)5-7-17/h3-8,11,16,20-22H,9-10,12-13H2,1-2H3/t16-/m1/s1. The molecule has 0 spiro atoms. The van der Waals surface area contributed by atoms with Crippen molar-refractivity contribution in [2.75, 3.05) is 33.9 Å². The van der Waals surface area contributed by atoms with Gasteiger partial charge in [0.05, 0.1) is 14.2 Å². The molecule has 0 aromatic heterocycles. The van der Waals surface area contributed by atoms with E-state index in [4.69, 9.17) is 14.2 Å². The molecule has 1 atom stereocenters. The number of nitrogens with one attached hydrogen (secondary N) is 1. The summed E-state index contributed by atoms with van der Waals surface area (Å²) in [6.45, 7) is 1.35. The van der Waals surface area contributed by atoms with E-state index in [1.165, 1.54) is 0 Å². The molecule has 2 aromatic carbocycles. The highest BCUT2D eigenvalue weighted by Crippen LogP contribution is 2.27. The second kappa shape index (κ2) is 9.76. The van der Waals surface area contributed by atoms with E-state index in [0.29, 0.717) is 23.8 Å². The predicted octanol–water partition coefficient (Wildman–Crippen LogP) is 1.98. The zero-order chi connectivity index (χ0) is 18.1. The number of aromatic hydroxyl groups is 1. The molecule has 0 aliphatic heterocycles. The summed E-state index contributed by atoms with van der Waals surface area (Å²) in [6, 6.07) is 12.2. The Morgan fingerprint density at radius 2 is 1.72 bits per heavy atom. The smallest absolute Gasteiger partial charge is 0.160 e. The lowest BCUT2D eigenvalue weighted by atomic mass is 10.1. The number of methoxy groups -OCH3 is 2. The quantitative estimate of drug-likeness (QED) is 0.570. The zero-order valence-corrected chi connectivity index (χ0v) is 14.6. The number of aliphatic hydroxyl groups is 1. The fourth-order valence-electron chi connectivity index (χ4n) is 2.33. The molecule has 3 N–H and O–H groups in total. The molecule has 0 radical (unpaired) electrons. The minimum absolute atomic E-state index is 0.185. The fourth-order valence-corrected chi connectivity index (χ4v) is 2.33. The molecule has 136 valence electrons. The minimum atomic E-state index is -0.612. The van der Waals surface area contributed by atoms with Crippen LogP contribution in [0.25, 0.3) is 0 Å². The molecule has 0 unspecified atom stereocenters. The van der Waals surface area contributed by atoms with Gasteiger partial charge in [-0.05, 0) is 54.9 Å². The molecule has 0 aliphatic rings. The van der Waals surface area contributed by atoms with Crippen LogP contribution >= 0.6 is 0 Å². The van der Waals surface area contributed by atoms with Gasteiger partial charge in [-0.3, -0.25) is 0 Å². The third-order valence-corrected chi connectivity index (χ3v) is 3.70. The van der Waals surface area contributed by atoms with Gasteiger partial charge in [0.1, 0.15) is 24.2 Å². The van der Waals surface area contributed by atoms with Gasteiger partial charge in [-0.15, -0.1) is 0 Å². The number of ether oxygens (including phenoxy) is 3. The van der Waals surface area contributed by atoms with E-state index in [0.717, 1.165) is 18.5 Å². The summed E-state index contributed by atoms with van der Waals surface area (Å²) in [5.41, 5.74) is 1.12. The lowest BCUT2D eigenvalue weighted by molar-refractivity contribution is 0.106. The molecule has 2 rings (SSSR count). The van der Waals surface area contributed by atoms with Gasteiger partial charge in [0.15, 0.2) is 11.5 Å². The molecule has 25 heavy (non-hydrogen) atoms. The average Bonchev–Trinajstić information content (AvgIpc) is 2.64. The van der Waals surface area contributed by atoms with Crippen LogP contribution in [0.2, 0.25) is 0 Å². The summed E-state index contributed by atoms with van der Waals surface area (Å²) in [6.07, 6.45) is 0.200. The second-order valence-corrected chi connectivity index (χ2v) is 5.60. The van der Waals surface area contributed by atoms with E-state index >= 15 is 0 Å². The van der Waals surface area contributed by atoms with E-state index < -0.39 is 6.10 Å². The third-order valence-electron chi connectivity index (χ3n) is 3.70. The molecular weight excluding hydrogens is 322 g/mol. The highest BCUT2D eigenvalue weighted by atomic mass is 16.5. The van der Waals surface area contributed by atoms with Crippen molar-refractivity contribution in [3.05, 3.63) is 48.0 Å². The summed E-state index contributed by atoms with van der Waals surface area (Å²) in [4.78, 5) is 0. The topological polar surface area (TPSA) is 80.2 Å². The Hall–Kier alpha value is -2.44. The molecular formula is C19H25NO5. The van der Waals surface area contributed by atoms with Crippen molar-refractivity contribution in [2.24, 2.45) is 0 Å². The summed E-state index contributed by atoms with van der Waals surface area (Å²) >= 11 is 0. The van der Waals surface area contributed by atoms with Gasteiger partial charge >= 0.3 is 0 Å². The molecule has 0 saturated heterocycles. The molecule has 0 saturated carbocycles. The summed E-state index contributed by atoms with van der Waals surface area (Å²) in [7, 11) is 3.23. The van der Waals surface area contributed by atoms with Crippen LogP contribution < -0.4 is 19.5 Å². The van der Waals surface area contributed by atoms with Crippen LogP contribution in [-0.4, -0.2) is 50.2 Å². The molecule has 6 nitrogen and oxygen atoms in total. The first kappa shape index (κ1) is 18.9. The highest BCUT2D eigenvalue weighted by molar-refractivity contribution is 5.42. The maximum absolute atomic E-state index is 9.94. The van der Waals surface area contributed by atoms with Crippen molar-refractivity contribution in [2.45, 2.75) is 12.5 Å². The van der Waals surface area contributed by atoms with Crippen LogP contribution in [0.3, 0.4) is 0 Å². The van der Waals surface area contributed by atoms with E-state index in [1.54, 1.807) is 38.5 Å². The first-order valence-electron chi connectivity index (χ1n) is 8.14. The SMILES string of the molecule is COc1ccc(CCNC[C@@H](O)COc2ccc(O)cc2)cc1OC. The van der Waals surface area contributed by atoms with Crippen molar-refractivity contribution in [3.63, 3.8) is 0 Å². The largest absolute Gasteiger partial charge is 0.508 e. The second-order valence-electron chi connectivity index (χ2n) is 5.60. The van der Waals surface area contributed by atoms with Gasteiger partial charge in [0, 0.05) is 6.54 Å². The number of hydrogen-bond acceptors (Lipinski definition) is 6. The minimum Gasteiger partial charge on any atom is -0.508 e. The van der Waals surface area contributed by atoms with Crippen LogP contribution in [0.5, 0.6) is 23.0 Å². The van der Waals surface area contributed by atoms with Crippen LogP contribution in [0.15, 0.2) is 42.5 Å². The first-order valence-corrected chi connectivity index (χ1v) is 8.14. The highest BCUT2D eigenvalue weighted by Gasteiger charge is 2.07. The van der Waals surface area contributed by atoms with E-state index in [-0.39, 0.29) is 12.4 Å². The van der Waals surface area contributed by atoms with Crippen molar-refractivity contribution in [1.82, 2.24) is 5.32 Å². The molecule has 2 aromatic rings. The third kappa shape index (κ3) is 6.17. The number of phenols is 1. The molecule has 0 aliphatic carbocycles. The lowest BCUT2D eigenvalue weighted by Gasteiger charge is -2.14.